The maximum atomic E-state index is 12.6. The summed E-state index contributed by atoms with van der Waals surface area (Å²) in [6.07, 6.45) is 0. The van der Waals surface area contributed by atoms with Gasteiger partial charge in [-0.3, -0.25) is 4.72 Å². The highest BCUT2D eigenvalue weighted by molar-refractivity contribution is 7.92. The molecule has 0 aliphatic carbocycles. The van der Waals surface area contributed by atoms with Gasteiger partial charge in [0.1, 0.15) is 0 Å². The number of hydrogen-bond donors (Lipinski definition) is 1. The first-order valence-corrected chi connectivity index (χ1v) is 9.25. The van der Waals surface area contributed by atoms with Crippen LogP contribution in [-0.2, 0) is 19.5 Å². The zero-order chi connectivity index (χ0) is 19.3. The van der Waals surface area contributed by atoms with Crippen molar-refractivity contribution in [1.29, 1.82) is 0 Å². The van der Waals surface area contributed by atoms with Crippen molar-refractivity contribution in [2.45, 2.75) is 18.7 Å². The van der Waals surface area contributed by atoms with Crippen LogP contribution >= 0.6 is 0 Å². The minimum atomic E-state index is -3.92. The Morgan fingerprint density at radius 3 is 2.35 bits per heavy atom. The van der Waals surface area contributed by atoms with Crippen molar-refractivity contribution < 1.29 is 27.5 Å². The maximum absolute atomic E-state index is 12.6. The van der Waals surface area contributed by atoms with Crippen LogP contribution in [0, 0.1) is 6.92 Å². The molecule has 0 saturated carbocycles. The van der Waals surface area contributed by atoms with Crippen molar-refractivity contribution in [1.82, 2.24) is 0 Å². The molecule has 0 spiro atoms. The number of nitrogens with one attached hydrogen (secondary N) is 1. The molecule has 0 amide bonds. The summed E-state index contributed by atoms with van der Waals surface area (Å²) in [7, 11) is -2.70. The van der Waals surface area contributed by atoms with Crippen molar-refractivity contribution >= 4 is 27.6 Å². The molecule has 8 heteroatoms. The van der Waals surface area contributed by atoms with Crippen LogP contribution in [0.25, 0.3) is 0 Å². The number of anilines is 1. The Morgan fingerprint density at radius 2 is 1.73 bits per heavy atom. The van der Waals surface area contributed by atoms with Gasteiger partial charge in [0.2, 0.25) is 0 Å². The molecule has 0 unspecified atom stereocenters. The van der Waals surface area contributed by atoms with Gasteiger partial charge in [-0.1, -0.05) is 6.07 Å². The number of benzene rings is 2. The van der Waals surface area contributed by atoms with Crippen molar-refractivity contribution in [3.8, 4) is 0 Å². The summed E-state index contributed by atoms with van der Waals surface area (Å²) >= 11 is 0. The van der Waals surface area contributed by atoms with Gasteiger partial charge in [-0.2, -0.15) is 0 Å². The number of esters is 2. The topological polar surface area (TPSA) is 98.8 Å². The number of ether oxygens (including phenoxy) is 2. The minimum Gasteiger partial charge on any atom is -0.465 e. The summed E-state index contributed by atoms with van der Waals surface area (Å²) in [6.45, 7) is 3.63. The highest BCUT2D eigenvalue weighted by Gasteiger charge is 2.18. The van der Waals surface area contributed by atoms with Gasteiger partial charge in [-0.05, 0) is 55.8 Å². The SMILES string of the molecule is CCOC(=O)c1ccc(NS(=O)(=O)c2cccc(C(=O)OC)c2)c(C)c1. The van der Waals surface area contributed by atoms with E-state index in [4.69, 9.17) is 4.74 Å². The van der Waals surface area contributed by atoms with E-state index in [9.17, 15) is 18.0 Å². The molecule has 0 aliphatic heterocycles. The Bertz CT molecular complexity index is 936. The van der Waals surface area contributed by atoms with E-state index < -0.39 is 22.0 Å². The van der Waals surface area contributed by atoms with Gasteiger partial charge in [0.25, 0.3) is 10.0 Å². The van der Waals surface area contributed by atoms with E-state index in [-0.39, 0.29) is 17.1 Å². The number of carbonyl (C=O) groups excluding carboxylic acids is 2. The number of carbonyl (C=O) groups is 2. The molecule has 7 nitrogen and oxygen atoms in total. The first-order chi connectivity index (χ1) is 12.3. The van der Waals surface area contributed by atoms with Crippen molar-refractivity contribution in [3.63, 3.8) is 0 Å². The highest BCUT2D eigenvalue weighted by atomic mass is 32.2. The normalized spacial score (nSPS) is 10.9. The summed E-state index contributed by atoms with van der Waals surface area (Å²) < 4.78 is 37.1. The molecule has 0 aromatic heterocycles. The highest BCUT2D eigenvalue weighted by Crippen LogP contribution is 2.22. The summed E-state index contributed by atoms with van der Waals surface area (Å²) in [4.78, 5) is 23.2. The van der Waals surface area contributed by atoms with E-state index in [1.165, 1.54) is 43.5 Å². The summed E-state index contributed by atoms with van der Waals surface area (Å²) in [5.74, 6) is -1.10. The van der Waals surface area contributed by atoms with Crippen molar-refractivity contribution in [2.75, 3.05) is 18.4 Å². The van der Waals surface area contributed by atoms with Gasteiger partial charge in [0.15, 0.2) is 0 Å². The second-order valence-corrected chi connectivity index (χ2v) is 7.06. The molecule has 0 heterocycles. The average molecular weight is 377 g/mol. The van der Waals surface area contributed by atoms with E-state index in [0.717, 1.165) is 0 Å². The van der Waals surface area contributed by atoms with E-state index in [0.29, 0.717) is 16.8 Å². The monoisotopic (exact) mass is 377 g/mol. The molecule has 0 fully saturated rings. The zero-order valence-electron chi connectivity index (χ0n) is 14.6. The molecule has 0 radical (unpaired) electrons. The van der Waals surface area contributed by atoms with E-state index in [2.05, 4.69) is 9.46 Å². The molecule has 0 bridgehead atoms. The second kappa shape index (κ2) is 8.01. The van der Waals surface area contributed by atoms with Crippen LogP contribution < -0.4 is 4.72 Å². The van der Waals surface area contributed by atoms with Crippen molar-refractivity contribution in [3.05, 3.63) is 59.2 Å². The molecule has 2 rings (SSSR count). The van der Waals surface area contributed by atoms with Gasteiger partial charge in [0.05, 0.1) is 35.4 Å². The number of rotatable bonds is 6. The molecular formula is C18H19NO6S. The Labute approximate surface area is 152 Å². The van der Waals surface area contributed by atoms with Crippen LogP contribution in [-0.4, -0.2) is 34.1 Å². The predicted octanol–water partition coefficient (Wildman–Crippen LogP) is 2.76. The molecule has 138 valence electrons. The van der Waals surface area contributed by atoms with Crippen LogP contribution in [0.5, 0.6) is 0 Å². The Hall–Kier alpha value is -2.87. The van der Waals surface area contributed by atoms with Gasteiger partial charge in [-0.25, -0.2) is 18.0 Å². The van der Waals surface area contributed by atoms with Crippen LogP contribution in [0.15, 0.2) is 47.4 Å². The molecule has 2 aromatic carbocycles. The van der Waals surface area contributed by atoms with Crippen LogP contribution in [0.2, 0.25) is 0 Å². The quantitative estimate of drug-likeness (QED) is 0.777. The average Bonchev–Trinajstić information content (AvgIpc) is 2.63. The van der Waals surface area contributed by atoms with E-state index >= 15 is 0 Å². The molecule has 2 aromatic rings. The van der Waals surface area contributed by atoms with Crippen molar-refractivity contribution in [2.24, 2.45) is 0 Å². The molecule has 26 heavy (non-hydrogen) atoms. The second-order valence-electron chi connectivity index (χ2n) is 5.38. The van der Waals surface area contributed by atoms with Gasteiger partial charge < -0.3 is 9.47 Å². The third kappa shape index (κ3) is 4.40. The standard InChI is InChI=1S/C18H19NO6S/c1-4-25-18(21)14-8-9-16(12(2)10-14)19-26(22,23)15-7-5-6-13(11-15)17(20)24-3/h5-11,19H,4H2,1-3H3. The lowest BCUT2D eigenvalue weighted by Gasteiger charge is -2.12. The smallest absolute Gasteiger partial charge is 0.338 e. The van der Waals surface area contributed by atoms with E-state index in [1.807, 2.05) is 0 Å². The summed E-state index contributed by atoms with van der Waals surface area (Å²) in [5.41, 5.74) is 1.34. The fraction of sp³-hybridized carbons (Fsp3) is 0.222. The number of sulfonamides is 1. The van der Waals surface area contributed by atoms with Crippen LogP contribution in [0.1, 0.15) is 33.2 Å². The number of hydrogen-bond acceptors (Lipinski definition) is 6. The number of aryl methyl sites for hydroxylation is 1. The van der Waals surface area contributed by atoms with Crippen LogP contribution in [0.4, 0.5) is 5.69 Å². The fourth-order valence-electron chi connectivity index (χ4n) is 2.23. The van der Waals surface area contributed by atoms with Gasteiger partial charge in [0, 0.05) is 0 Å². The molecule has 0 atom stereocenters. The largest absolute Gasteiger partial charge is 0.465 e. The lowest BCUT2D eigenvalue weighted by molar-refractivity contribution is 0.0525. The summed E-state index contributed by atoms with van der Waals surface area (Å²) in [6, 6.07) is 10.0. The Balaban J connectivity index is 2.30. The minimum absolute atomic E-state index is 0.0748. The molecule has 0 aliphatic rings. The van der Waals surface area contributed by atoms with Gasteiger partial charge in [-0.15, -0.1) is 0 Å². The summed E-state index contributed by atoms with van der Waals surface area (Å²) in [5, 5.41) is 0. The lowest BCUT2D eigenvalue weighted by atomic mass is 10.1. The third-order valence-corrected chi connectivity index (χ3v) is 4.91. The van der Waals surface area contributed by atoms with Gasteiger partial charge >= 0.3 is 11.9 Å². The first kappa shape index (κ1) is 19.5. The zero-order valence-corrected chi connectivity index (χ0v) is 15.4. The number of methoxy groups -OCH3 is 1. The lowest BCUT2D eigenvalue weighted by Crippen LogP contribution is -2.15. The Morgan fingerprint density at radius 1 is 1.04 bits per heavy atom. The molecule has 0 saturated heterocycles. The third-order valence-electron chi connectivity index (χ3n) is 3.55. The van der Waals surface area contributed by atoms with E-state index in [1.54, 1.807) is 19.9 Å². The predicted molar refractivity (Wildman–Crippen MR) is 95.7 cm³/mol. The van der Waals surface area contributed by atoms with Crippen LogP contribution in [0.3, 0.4) is 0 Å². The molecule has 1 N–H and O–H groups in total. The maximum Gasteiger partial charge on any atom is 0.338 e. The first-order valence-electron chi connectivity index (χ1n) is 7.77. The molecular weight excluding hydrogens is 358 g/mol. The Kier molecular flexibility index (Phi) is 5.99. The fourth-order valence-corrected chi connectivity index (χ4v) is 3.41.